The van der Waals surface area contributed by atoms with Crippen LogP contribution in [0.15, 0.2) is 54.6 Å². The van der Waals surface area contributed by atoms with Crippen LogP contribution < -0.4 is 15.4 Å². The number of carbonyl (C=O) groups excluding carboxylic acids is 2. The molecule has 2 aliphatic rings. The first-order valence-corrected chi connectivity index (χ1v) is 10.0. The lowest BCUT2D eigenvalue weighted by molar-refractivity contribution is -0.150. The molecule has 0 unspecified atom stereocenters. The molecule has 6 heteroatoms. The van der Waals surface area contributed by atoms with E-state index in [0.29, 0.717) is 26.1 Å². The highest BCUT2D eigenvalue weighted by Gasteiger charge is 2.47. The Balaban J connectivity index is 1.48. The first-order chi connectivity index (χ1) is 14.1. The molecule has 2 aromatic rings. The van der Waals surface area contributed by atoms with Crippen LogP contribution in [-0.2, 0) is 22.4 Å². The van der Waals surface area contributed by atoms with Gasteiger partial charge in [-0.15, -0.1) is 0 Å². The fourth-order valence-electron chi connectivity index (χ4n) is 4.28. The molecule has 0 bridgehead atoms. The maximum atomic E-state index is 13.5. The second-order valence-corrected chi connectivity index (χ2v) is 8.05. The molecule has 1 atom stereocenters. The van der Waals surface area contributed by atoms with Crippen molar-refractivity contribution in [3.8, 4) is 5.75 Å². The third kappa shape index (κ3) is 4.27. The molecule has 29 heavy (non-hydrogen) atoms. The molecule has 152 valence electrons. The zero-order chi connectivity index (χ0) is 20.3. The Morgan fingerprint density at radius 1 is 1.14 bits per heavy atom. The minimum atomic E-state index is -0.499. The highest BCUT2D eigenvalue weighted by molar-refractivity contribution is 5.90. The van der Waals surface area contributed by atoms with Crippen molar-refractivity contribution >= 4 is 11.8 Å². The number of amides is 2. The van der Waals surface area contributed by atoms with Gasteiger partial charge in [0.25, 0.3) is 0 Å². The maximum Gasteiger partial charge on any atom is 0.239 e. The number of ether oxygens (including phenoxy) is 1. The van der Waals surface area contributed by atoms with Gasteiger partial charge in [0.2, 0.25) is 11.8 Å². The Morgan fingerprint density at radius 2 is 1.90 bits per heavy atom. The van der Waals surface area contributed by atoms with E-state index in [9.17, 15) is 9.59 Å². The predicted octanol–water partition coefficient (Wildman–Crippen LogP) is 1.40. The Hall–Kier alpha value is -2.86. The van der Waals surface area contributed by atoms with Gasteiger partial charge < -0.3 is 20.3 Å². The number of hydrogen-bond donors (Lipinski definition) is 2. The summed E-state index contributed by atoms with van der Waals surface area (Å²) in [6.45, 7) is 1.93. The molecule has 0 aliphatic carbocycles. The Morgan fingerprint density at radius 3 is 2.59 bits per heavy atom. The second kappa shape index (κ2) is 8.25. The van der Waals surface area contributed by atoms with Crippen LogP contribution in [0.25, 0.3) is 0 Å². The first-order valence-electron chi connectivity index (χ1n) is 10.0. The van der Waals surface area contributed by atoms with Gasteiger partial charge in [-0.1, -0.05) is 42.5 Å². The van der Waals surface area contributed by atoms with Gasteiger partial charge in [-0.05, 0) is 36.1 Å². The quantitative estimate of drug-likeness (QED) is 0.778. The van der Waals surface area contributed by atoms with E-state index in [1.165, 1.54) is 0 Å². The number of nitrogens with one attached hydrogen (secondary N) is 2. The first kappa shape index (κ1) is 19.5. The van der Waals surface area contributed by atoms with Crippen molar-refractivity contribution in [1.29, 1.82) is 0 Å². The van der Waals surface area contributed by atoms with Crippen molar-refractivity contribution in [2.24, 2.45) is 5.41 Å². The number of benzene rings is 2. The third-order valence-electron chi connectivity index (χ3n) is 5.81. The molecular weight excluding hydrogens is 366 g/mol. The summed E-state index contributed by atoms with van der Waals surface area (Å²) in [5, 5.41) is 6.29. The Bertz CT molecular complexity index is 880. The molecule has 2 aromatic carbocycles. The van der Waals surface area contributed by atoms with Gasteiger partial charge in [-0.2, -0.15) is 0 Å². The van der Waals surface area contributed by atoms with Crippen LogP contribution in [-0.4, -0.2) is 56.0 Å². The van der Waals surface area contributed by atoms with Gasteiger partial charge in [0.05, 0.1) is 25.1 Å². The average molecular weight is 393 g/mol. The fourth-order valence-corrected chi connectivity index (χ4v) is 4.28. The van der Waals surface area contributed by atoms with Gasteiger partial charge in [-0.25, -0.2) is 0 Å². The molecule has 0 radical (unpaired) electrons. The molecule has 0 saturated carbocycles. The van der Waals surface area contributed by atoms with E-state index < -0.39 is 5.41 Å². The zero-order valence-electron chi connectivity index (χ0n) is 16.7. The summed E-state index contributed by atoms with van der Waals surface area (Å²) in [6.07, 6.45) is 1.36. The molecule has 0 spiro atoms. The molecule has 2 heterocycles. The third-order valence-corrected chi connectivity index (χ3v) is 5.81. The summed E-state index contributed by atoms with van der Waals surface area (Å²) in [7, 11) is 1.64. The lowest BCUT2D eigenvalue weighted by Gasteiger charge is -2.46. The lowest BCUT2D eigenvalue weighted by atomic mass is 9.74. The van der Waals surface area contributed by atoms with Gasteiger partial charge >= 0.3 is 0 Å². The number of hydrogen-bond acceptors (Lipinski definition) is 4. The van der Waals surface area contributed by atoms with Gasteiger partial charge in [0, 0.05) is 19.6 Å². The summed E-state index contributed by atoms with van der Waals surface area (Å²) in [6, 6.07) is 17.8. The van der Waals surface area contributed by atoms with E-state index in [1.807, 2.05) is 54.6 Å². The van der Waals surface area contributed by atoms with Crippen molar-refractivity contribution < 1.29 is 14.3 Å². The van der Waals surface area contributed by atoms with Crippen LogP contribution in [0.3, 0.4) is 0 Å². The standard InChI is InChI=1S/C23H27N3O3/c1-29-20-9-5-8-18(11-20)12-23(15-24-16-23)22(28)26-13-19(25-21(27)14-26)10-17-6-3-2-4-7-17/h2-9,11,19,24H,10,12-16H2,1H3,(H,25,27)/t19-/m0/s1. The van der Waals surface area contributed by atoms with Crippen molar-refractivity contribution in [2.45, 2.75) is 18.9 Å². The summed E-state index contributed by atoms with van der Waals surface area (Å²) < 4.78 is 5.32. The second-order valence-electron chi connectivity index (χ2n) is 8.05. The smallest absolute Gasteiger partial charge is 0.239 e. The average Bonchev–Trinajstić information content (AvgIpc) is 2.70. The number of piperazine rings is 1. The van der Waals surface area contributed by atoms with Crippen LogP contribution in [0.1, 0.15) is 11.1 Å². The zero-order valence-corrected chi connectivity index (χ0v) is 16.7. The number of carbonyl (C=O) groups is 2. The summed E-state index contributed by atoms with van der Waals surface area (Å²) in [5.74, 6) is 0.763. The molecule has 6 nitrogen and oxygen atoms in total. The van der Waals surface area contributed by atoms with Crippen LogP contribution in [0, 0.1) is 5.41 Å². The van der Waals surface area contributed by atoms with Crippen molar-refractivity contribution in [2.75, 3.05) is 33.3 Å². The van der Waals surface area contributed by atoms with E-state index in [1.54, 1.807) is 12.0 Å². The molecular formula is C23H27N3O3. The molecule has 4 rings (SSSR count). The summed E-state index contributed by atoms with van der Waals surface area (Å²) >= 11 is 0. The molecule has 2 aliphatic heterocycles. The molecule has 2 fully saturated rings. The number of rotatable bonds is 6. The van der Waals surface area contributed by atoms with Gasteiger partial charge in [-0.3, -0.25) is 9.59 Å². The normalized spacial score (nSPS) is 20.5. The minimum Gasteiger partial charge on any atom is -0.497 e. The number of nitrogens with zero attached hydrogens (tertiary/aromatic N) is 1. The van der Waals surface area contributed by atoms with E-state index in [-0.39, 0.29) is 24.4 Å². The summed E-state index contributed by atoms with van der Waals surface area (Å²) in [5.41, 5.74) is 1.73. The SMILES string of the molecule is COc1cccc(CC2(C(=O)N3CC(=O)N[C@@H](Cc4ccccc4)C3)CNC2)c1. The van der Waals surface area contributed by atoms with E-state index in [2.05, 4.69) is 10.6 Å². The number of methoxy groups -OCH3 is 1. The van der Waals surface area contributed by atoms with E-state index >= 15 is 0 Å². The fraction of sp³-hybridized carbons (Fsp3) is 0.391. The van der Waals surface area contributed by atoms with Gasteiger partial charge in [0.1, 0.15) is 5.75 Å². The molecule has 2 N–H and O–H groups in total. The van der Waals surface area contributed by atoms with Crippen molar-refractivity contribution in [3.63, 3.8) is 0 Å². The summed E-state index contributed by atoms with van der Waals surface area (Å²) in [4.78, 5) is 27.5. The van der Waals surface area contributed by atoms with Gasteiger partial charge in [0.15, 0.2) is 0 Å². The monoisotopic (exact) mass is 393 g/mol. The van der Waals surface area contributed by atoms with Crippen molar-refractivity contribution in [3.05, 3.63) is 65.7 Å². The minimum absolute atomic E-state index is 0.0620. The highest BCUT2D eigenvalue weighted by atomic mass is 16.5. The predicted molar refractivity (Wildman–Crippen MR) is 111 cm³/mol. The highest BCUT2D eigenvalue weighted by Crippen LogP contribution is 2.32. The molecule has 2 amide bonds. The van der Waals surface area contributed by atoms with E-state index in [4.69, 9.17) is 4.74 Å². The Labute approximate surface area is 171 Å². The molecule has 0 aromatic heterocycles. The maximum absolute atomic E-state index is 13.5. The van der Waals surface area contributed by atoms with Crippen molar-refractivity contribution in [1.82, 2.24) is 15.5 Å². The van der Waals surface area contributed by atoms with E-state index in [0.717, 1.165) is 23.3 Å². The lowest BCUT2D eigenvalue weighted by Crippen LogP contribution is -2.66. The largest absolute Gasteiger partial charge is 0.497 e. The van der Waals surface area contributed by atoms with Crippen LogP contribution in [0.5, 0.6) is 5.75 Å². The Kier molecular flexibility index (Phi) is 5.53. The van der Waals surface area contributed by atoms with Crippen LogP contribution >= 0.6 is 0 Å². The van der Waals surface area contributed by atoms with Crippen LogP contribution in [0.4, 0.5) is 0 Å². The van der Waals surface area contributed by atoms with Crippen LogP contribution in [0.2, 0.25) is 0 Å². The molecule has 2 saturated heterocycles. The topological polar surface area (TPSA) is 70.7 Å².